The highest BCUT2D eigenvalue weighted by atomic mass is 16.5. The normalized spacial score (nSPS) is 11.8. The van der Waals surface area contributed by atoms with E-state index in [-0.39, 0.29) is 33.8 Å². The fourth-order valence-corrected chi connectivity index (χ4v) is 7.99. The molecule has 2 N–H and O–H groups in total. The van der Waals surface area contributed by atoms with E-state index in [0.717, 1.165) is 10.8 Å². The Labute approximate surface area is 373 Å². The number of amides is 2. The standard InChI is InChI=1S/C56H50N2O6/c1-55(2,3)33-57-53(59)40-31-44(63-38-23-15-9-16-24-38)50-48-42(61-36-19-11-7-12-20-36)29-27-35-28-30-43(62-37-21-13-8-14-22-37)49(46(35)48)51-45(64-39-25-17-10-18-26-39)32-41(47(40)52(50)51)54(60)58-34-56(4,5)6/h7-32H,33-34H2,1-6H3,(H,57,59)(H,58,60). The summed E-state index contributed by atoms with van der Waals surface area (Å²) in [5.74, 6) is 3.54. The molecular weight excluding hydrogens is 797 g/mol. The predicted octanol–water partition coefficient (Wildman–Crippen LogP) is 14.5. The molecule has 0 saturated carbocycles. The Kier molecular flexibility index (Phi) is 11.1. The second kappa shape index (κ2) is 16.9. The molecule has 9 rings (SSSR count). The third-order valence-electron chi connectivity index (χ3n) is 10.9. The number of benzene rings is 9. The van der Waals surface area contributed by atoms with Gasteiger partial charge in [-0.15, -0.1) is 0 Å². The number of ether oxygens (including phenoxy) is 4. The van der Waals surface area contributed by atoms with Gasteiger partial charge in [0.15, 0.2) is 0 Å². The molecule has 0 unspecified atom stereocenters. The van der Waals surface area contributed by atoms with Crippen LogP contribution in [-0.2, 0) is 0 Å². The molecule has 320 valence electrons. The highest BCUT2D eigenvalue weighted by molar-refractivity contribution is 6.40. The van der Waals surface area contributed by atoms with Gasteiger partial charge < -0.3 is 29.6 Å². The molecule has 0 aliphatic heterocycles. The average molecular weight is 847 g/mol. The molecule has 0 spiro atoms. The summed E-state index contributed by atoms with van der Waals surface area (Å²) in [6.07, 6.45) is 0. The molecule has 0 saturated heterocycles. The lowest BCUT2D eigenvalue weighted by Gasteiger charge is -2.26. The van der Waals surface area contributed by atoms with Crippen molar-refractivity contribution in [1.29, 1.82) is 0 Å². The molecule has 8 heteroatoms. The van der Waals surface area contributed by atoms with E-state index >= 15 is 0 Å². The molecule has 9 aromatic carbocycles. The number of carbonyl (C=O) groups excluding carboxylic acids is 2. The molecule has 0 bridgehead atoms. The van der Waals surface area contributed by atoms with E-state index < -0.39 is 0 Å². The Morgan fingerprint density at radius 2 is 0.688 bits per heavy atom. The van der Waals surface area contributed by atoms with Crippen molar-refractivity contribution >= 4 is 54.9 Å². The van der Waals surface area contributed by atoms with Crippen LogP contribution in [0, 0.1) is 10.8 Å². The van der Waals surface area contributed by atoms with Crippen molar-refractivity contribution in [3.63, 3.8) is 0 Å². The summed E-state index contributed by atoms with van der Waals surface area (Å²) >= 11 is 0. The maximum atomic E-state index is 15.0. The molecule has 0 aliphatic rings. The summed E-state index contributed by atoms with van der Waals surface area (Å²) < 4.78 is 27.6. The van der Waals surface area contributed by atoms with E-state index in [9.17, 15) is 9.59 Å². The summed E-state index contributed by atoms with van der Waals surface area (Å²) in [6, 6.07) is 49.7. The molecule has 0 atom stereocenters. The van der Waals surface area contributed by atoms with Crippen molar-refractivity contribution in [3.05, 3.63) is 169 Å². The van der Waals surface area contributed by atoms with Gasteiger partial charge >= 0.3 is 0 Å². The summed E-state index contributed by atoms with van der Waals surface area (Å²) in [5.41, 5.74) is 0.0586. The third-order valence-corrected chi connectivity index (χ3v) is 10.9. The number of carbonyl (C=O) groups is 2. The lowest BCUT2D eigenvalue weighted by atomic mass is 9.84. The van der Waals surface area contributed by atoms with Crippen LogP contribution in [0.25, 0.3) is 43.1 Å². The maximum absolute atomic E-state index is 15.0. The smallest absolute Gasteiger partial charge is 0.252 e. The first kappa shape index (κ1) is 41.8. The number of fused-ring (bicyclic) bond motifs is 2. The van der Waals surface area contributed by atoms with Crippen LogP contribution in [0.3, 0.4) is 0 Å². The summed E-state index contributed by atoms with van der Waals surface area (Å²) in [5, 5.41) is 11.8. The van der Waals surface area contributed by atoms with Crippen molar-refractivity contribution in [1.82, 2.24) is 10.6 Å². The largest absolute Gasteiger partial charge is 0.457 e. The van der Waals surface area contributed by atoms with Crippen LogP contribution in [0.2, 0.25) is 0 Å². The molecule has 0 aromatic heterocycles. The second-order valence-electron chi connectivity index (χ2n) is 18.5. The summed E-state index contributed by atoms with van der Waals surface area (Å²) in [4.78, 5) is 30.0. The zero-order valence-corrected chi connectivity index (χ0v) is 36.9. The van der Waals surface area contributed by atoms with Crippen LogP contribution in [0.4, 0.5) is 0 Å². The predicted molar refractivity (Wildman–Crippen MR) is 257 cm³/mol. The first-order chi connectivity index (χ1) is 30.8. The van der Waals surface area contributed by atoms with Gasteiger partial charge in [-0.05, 0) is 89.0 Å². The second-order valence-corrected chi connectivity index (χ2v) is 18.5. The lowest BCUT2D eigenvalue weighted by Crippen LogP contribution is -2.34. The van der Waals surface area contributed by atoms with Crippen LogP contribution in [-0.4, -0.2) is 24.9 Å². The van der Waals surface area contributed by atoms with Gasteiger partial charge in [0.05, 0.1) is 11.1 Å². The number of para-hydroxylation sites is 4. The van der Waals surface area contributed by atoms with E-state index in [2.05, 4.69) is 52.2 Å². The fraction of sp³-hybridized carbons (Fsp3) is 0.179. The number of hydrogen-bond donors (Lipinski definition) is 2. The van der Waals surface area contributed by atoms with E-state index in [1.165, 1.54) is 0 Å². The van der Waals surface area contributed by atoms with Crippen molar-refractivity contribution < 1.29 is 28.5 Å². The van der Waals surface area contributed by atoms with E-state index in [1.54, 1.807) is 12.1 Å². The van der Waals surface area contributed by atoms with Gasteiger partial charge in [0.1, 0.15) is 46.0 Å². The first-order valence-electron chi connectivity index (χ1n) is 21.6. The van der Waals surface area contributed by atoms with Crippen LogP contribution >= 0.6 is 0 Å². The molecule has 0 heterocycles. The van der Waals surface area contributed by atoms with Gasteiger partial charge in [0.2, 0.25) is 0 Å². The van der Waals surface area contributed by atoms with Crippen LogP contribution in [0.1, 0.15) is 62.3 Å². The Morgan fingerprint density at radius 3 is 1.02 bits per heavy atom. The third kappa shape index (κ3) is 8.59. The van der Waals surface area contributed by atoms with Crippen LogP contribution in [0.5, 0.6) is 46.0 Å². The van der Waals surface area contributed by atoms with Gasteiger partial charge in [-0.3, -0.25) is 9.59 Å². The minimum absolute atomic E-state index is 0.239. The monoisotopic (exact) mass is 846 g/mol. The average Bonchev–Trinajstić information content (AvgIpc) is 3.28. The first-order valence-corrected chi connectivity index (χ1v) is 21.6. The van der Waals surface area contributed by atoms with Crippen molar-refractivity contribution in [2.24, 2.45) is 10.8 Å². The summed E-state index contributed by atoms with van der Waals surface area (Å²) in [6.45, 7) is 13.1. The van der Waals surface area contributed by atoms with Crippen LogP contribution < -0.4 is 29.6 Å². The minimum atomic E-state index is -0.356. The Balaban J connectivity index is 1.52. The molecule has 0 aliphatic carbocycles. The topological polar surface area (TPSA) is 95.1 Å². The van der Waals surface area contributed by atoms with E-state index in [0.29, 0.717) is 91.4 Å². The zero-order chi connectivity index (χ0) is 44.6. The number of hydrogen-bond acceptors (Lipinski definition) is 6. The quantitative estimate of drug-likeness (QED) is 0.0939. The maximum Gasteiger partial charge on any atom is 0.252 e. The molecule has 64 heavy (non-hydrogen) atoms. The van der Waals surface area contributed by atoms with Gasteiger partial charge in [-0.2, -0.15) is 0 Å². The van der Waals surface area contributed by atoms with Gasteiger partial charge in [0, 0.05) is 50.8 Å². The lowest BCUT2D eigenvalue weighted by molar-refractivity contribution is 0.0939. The highest BCUT2D eigenvalue weighted by Crippen LogP contribution is 2.55. The Morgan fingerprint density at radius 1 is 0.375 bits per heavy atom. The zero-order valence-electron chi connectivity index (χ0n) is 36.9. The number of nitrogens with one attached hydrogen (secondary N) is 2. The summed E-state index contributed by atoms with van der Waals surface area (Å²) in [7, 11) is 0. The SMILES string of the molecule is CC(C)(C)CNC(=O)c1cc(Oc2ccccc2)c2c3c(Oc4ccccc4)ccc4ccc(Oc5ccccc5)c(c5c(Oc6ccccc6)cc(C(=O)NCC(C)(C)C)c1c25)c43. The molecule has 0 fully saturated rings. The van der Waals surface area contributed by atoms with Crippen molar-refractivity contribution in [2.45, 2.75) is 41.5 Å². The van der Waals surface area contributed by atoms with E-state index in [4.69, 9.17) is 18.9 Å². The van der Waals surface area contributed by atoms with Gasteiger partial charge in [0.25, 0.3) is 11.8 Å². The highest BCUT2D eigenvalue weighted by Gasteiger charge is 2.32. The molecule has 9 aromatic rings. The van der Waals surface area contributed by atoms with Gasteiger partial charge in [-0.25, -0.2) is 0 Å². The van der Waals surface area contributed by atoms with E-state index in [1.807, 2.05) is 146 Å². The Hall–Kier alpha value is -7.58. The van der Waals surface area contributed by atoms with Gasteiger partial charge in [-0.1, -0.05) is 126 Å². The minimum Gasteiger partial charge on any atom is -0.457 e. The van der Waals surface area contributed by atoms with Crippen LogP contribution in [0.15, 0.2) is 158 Å². The molecular formula is C56H50N2O6. The van der Waals surface area contributed by atoms with Crippen molar-refractivity contribution in [2.75, 3.05) is 13.1 Å². The number of rotatable bonds is 12. The Bertz CT molecular complexity index is 2930. The fourth-order valence-electron chi connectivity index (χ4n) is 7.99. The molecule has 8 nitrogen and oxygen atoms in total. The van der Waals surface area contributed by atoms with Crippen molar-refractivity contribution in [3.8, 4) is 46.0 Å². The molecule has 2 amide bonds. The molecule has 0 radical (unpaired) electrons.